The first kappa shape index (κ1) is 9.49. The third kappa shape index (κ3) is 2.47. The second kappa shape index (κ2) is 4.43. The van der Waals surface area contributed by atoms with Crippen molar-refractivity contribution in [3.8, 4) is 0 Å². The van der Waals surface area contributed by atoms with E-state index in [-0.39, 0.29) is 12.5 Å². The lowest BCUT2D eigenvalue weighted by atomic mass is 10.0. The van der Waals surface area contributed by atoms with Crippen LogP contribution in [-0.2, 0) is 0 Å². The minimum Gasteiger partial charge on any atom is -0.396 e. The van der Waals surface area contributed by atoms with E-state index in [1.54, 1.807) is 11.3 Å². The van der Waals surface area contributed by atoms with Gasteiger partial charge in [0.2, 0.25) is 0 Å². The van der Waals surface area contributed by atoms with Gasteiger partial charge in [-0.25, -0.2) is 0 Å². The van der Waals surface area contributed by atoms with Crippen molar-refractivity contribution in [1.29, 1.82) is 0 Å². The van der Waals surface area contributed by atoms with Crippen LogP contribution in [-0.4, -0.2) is 11.7 Å². The molecule has 0 bridgehead atoms. The molecule has 1 atom stereocenters. The second-order valence-corrected chi connectivity index (χ2v) is 4.04. The topological polar surface area (TPSA) is 20.2 Å². The van der Waals surface area contributed by atoms with Crippen molar-refractivity contribution >= 4 is 11.3 Å². The number of thiophene rings is 1. The molecule has 1 aromatic heterocycles. The fourth-order valence-electron chi connectivity index (χ4n) is 1.20. The molecule has 0 spiro atoms. The van der Waals surface area contributed by atoms with Crippen LogP contribution in [0.4, 0.5) is 0 Å². The Hall–Kier alpha value is -0.600. The molecular weight excluding hydrogens is 168 g/mol. The predicted octanol–water partition coefficient (Wildman–Crippen LogP) is 2.79. The van der Waals surface area contributed by atoms with Crippen LogP contribution in [0.2, 0.25) is 0 Å². The van der Waals surface area contributed by atoms with Gasteiger partial charge in [0.25, 0.3) is 0 Å². The van der Waals surface area contributed by atoms with Crippen molar-refractivity contribution in [2.75, 3.05) is 6.61 Å². The summed E-state index contributed by atoms with van der Waals surface area (Å²) in [5, 5.41) is 11.2. The van der Waals surface area contributed by atoms with Gasteiger partial charge in [0, 0.05) is 10.8 Å². The Balaban J connectivity index is 2.63. The van der Waals surface area contributed by atoms with E-state index in [9.17, 15) is 0 Å². The number of rotatable bonds is 4. The molecule has 0 aliphatic carbocycles. The molecule has 0 aliphatic heterocycles. The minimum absolute atomic E-state index is 0.216. The quantitative estimate of drug-likeness (QED) is 0.710. The van der Waals surface area contributed by atoms with Crippen molar-refractivity contribution in [3.05, 3.63) is 34.5 Å². The van der Waals surface area contributed by atoms with E-state index in [2.05, 4.69) is 12.6 Å². The maximum Gasteiger partial charge on any atom is 0.0510 e. The lowest BCUT2D eigenvalue weighted by Gasteiger charge is -2.11. The third-order valence-corrected chi connectivity index (χ3v) is 2.80. The fraction of sp³-hybridized carbons (Fsp3) is 0.400. The van der Waals surface area contributed by atoms with Crippen molar-refractivity contribution in [2.24, 2.45) is 0 Å². The molecule has 1 N–H and O–H groups in total. The maximum absolute atomic E-state index is 9.11. The van der Waals surface area contributed by atoms with Crippen molar-refractivity contribution in [3.63, 3.8) is 0 Å². The van der Waals surface area contributed by atoms with Gasteiger partial charge < -0.3 is 5.11 Å². The summed E-state index contributed by atoms with van der Waals surface area (Å²) in [4.78, 5) is 1.25. The summed E-state index contributed by atoms with van der Waals surface area (Å²) in [5.41, 5.74) is 1.13. The molecular formula is C10H14OS. The van der Waals surface area contributed by atoms with Crippen LogP contribution in [0.1, 0.15) is 24.1 Å². The standard InChI is InChI=1S/C10H14OS/c1-8(2)6-9(7-11)10-4-3-5-12-10/h3-5,9,11H,1,6-7H2,2H3. The minimum atomic E-state index is 0.216. The van der Waals surface area contributed by atoms with Crippen molar-refractivity contribution < 1.29 is 5.11 Å². The Morgan fingerprint density at radius 3 is 2.92 bits per heavy atom. The van der Waals surface area contributed by atoms with E-state index in [1.807, 2.05) is 18.4 Å². The van der Waals surface area contributed by atoms with E-state index in [1.165, 1.54) is 4.88 Å². The van der Waals surface area contributed by atoms with Gasteiger partial charge in [-0.05, 0) is 24.8 Å². The molecule has 1 unspecified atom stereocenters. The van der Waals surface area contributed by atoms with Gasteiger partial charge in [-0.3, -0.25) is 0 Å². The summed E-state index contributed by atoms with van der Waals surface area (Å²) in [6.07, 6.45) is 0.886. The molecule has 1 aromatic rings. The van der Waals surface area contributed by atoms with Crippen molar-refractivity contribution in [1.82, 2.24) is 0 Å². The van der Waals surface area contributed by atoms with Gasteiger partial charge >= 0.3 is 0 Å². The Labute approximate surface area is 77.4 Å². The van der Waals surface area contributed by atoms with E-state index in [4.69, 9.17) is 5.11 Å². The highest BCUT2D eigenvalue weighted by atomic mass is 32.1. The zero-order chi connectivity index (χ0) is 8.97. The molecule has 1 rings (SSSR count). The van der Waals surface area contributed by atoms with Gasteiger partial charge in [0.05, 0.1) is 6.61 Å². The van der Waals surface area contributed by atoms with Crippen LogP contribution in [0.5, 0.6) is 0 Å². The summed E-state index contributed by atoms with van der Waals surface area (Å²) in [6, 6.07) is 4.08. The van der Waals surface area contributed by atoms with Gasteiger partial charge in [-0.1, -0.05) is 11.6 Å². The average Bonchev–Trinajstić information content (AvgIpc) is 2.51. The predicted molar refractivity (Wildman–Crippen MR) is 53.6 cm³/mol. The molecule has 0 saturated carbocycles. The fourth-order valence-corrected chi connectivity index (χ4v) is 2.02. The van der Waals surface area contributed by atoms with Crippen LogP contribution < -0.4 is 0 Å². The van der Waals surface area contributed by atoms with Gasteiger partial charge in [0.15, 0.2) is 0 Å². The van der Waals surface area contributed by atoms with Gasteiger partial charge in [-0.15, -0.1) is 17.9 Å². The molecule has 0 amide bonds. The first-order valence-electron chi connectivity index (χ1n) is 4.02. The van der Waals surface area contributed by atoms with E-state index in [0.29, 0.717) is 0 Å². The molecule has 0 saturated heterocycles. The van der Waals surface area contributed by atoms with Crippen LogP contribution in [0, 0.1) is 0 Å². The first-order chi connectivity index (χ1) is 5.74. The highest BCUT2D eigenvalue weighted by Crippen LogP contribution is 2.26. The van der Waals surface area contributed by atoms with E-state index < -0.39 is 0 Å². The lowest BCUT2D eigenvalue weighted by molar-refractivity contribution is 0.266. The van der Waals surface area contributed by atoms with Crippen molar-refractivity contribution in [2.45, 2.75) is 19.3 Å². The number of aliphatic hydroxyl groups excluding tert-OH is 1. The molecule has 0 aliphatic rings. The third-order valence-electron chi connectivity index (χ3n) is 1.76. The van der Waals surface area contributed by atoms with Gasteiger partial charge in [0.1, 0.15) is 0 Å². The number of allylic oxidation sites excluding steroid dienone is 1. The Morgan fingerprint density at radius 2 is 2.50 bits per heavy atom. The molecule has 1 heterocycles. The highest BCUT2D eigenvalue weighted by molar-refractivity contribution is 7.10. The number of aliphatic hydroxyl groups is 1. The normalized spacial score (nSPS) is 12.8. The molecule has 0 aromatic carbocycles. The van der Waals surface area contributed by atoms with Crippen LogP contribution >= 0.6 is 11.3 Å². The Bertz CT molecular complexity index is 238. The molecule has 2 heteroatoms. The highest BCUT2D eigenvalue weighted by Gasteiger charge is 2.10. The maximum atomic E-state index is 9.11. The van der Waals surface area contributed by atoms with E-state index in [0.717, 1.165) is 12.0 Å². The zero-order valence-corrected chi connectivity index (χ0v) is 8.10. The number of hydrogen-bond acceptors (Lipinski definition) is 2. The molecule has 12 heavy (non-hydrogen) atoms. The SMILES string of the molecule is C=C(C)CC(CO)c1cccs1. The molecule has 66 valence electrons. The lowest BCUT2D eigenvalue weighted by Crippen LogP contribution is -2.02. The molecule has 1 nitrogen and oxygen atoms in total. The number of hydrogen-bond donors (Lipinski definition) is 1. The summed E-state index contributed by atoms with van der Waals surface area (Å²) >= 11 is 1.70. The Morgan fingerprint density at radius 1 is 1.75 bits per heavy atom. The van der Waals surface area contributed by atoms with Crippen LogP contribution in [0.25, 0.3) is 0 Å². The van der Waals surface area contributed by atoms with Crippen LogP contribution in [0.3, 0.4) is 0 Å². The van der Waals surface area contributed by atoms with E-state index >= 15 is 0 Å². The second-order valence-electron chi connectivity index (χ2n) is 3.06. The molecule has 0 fully saturated rings. The van der Waals surface area contributed by atoms with Crippen LogP contribution in [0.15, 0.2) is 29.7 Å². The summed E-state index contributed by atoms with van der Waals surface area (Å²) in [6.45, 7) is 6.06. The summed E-state index contributed by atoms with van der Waals surface area (Å²) in [7, 11) is 0. The molecule has 0 radical (unpaired) electrons. The summed E-state index contributed by atoms with van der Waals surface area (Å²) < 4.78 is 0. The Kier molecular flexibility index (Phi) is 3.50. The monoisotopic (exact) mass is 182 g/mol. The smallest absolute Gasteiger partial charge is 0.0510 e. The zero-order valence-electron chi connectivity index (χ0n) is 7.29. The first-order valence-corrected chi connectivity index (χ1v) is 4.90. The van der Waals surface area contributed by atoms with Gasteiger partial charge in [-0.2, -0.15) is 0 Å². The average molecular weight is 182 g/mol. The summed E-state index contributed by atoms with van der Waals surface area (Å²) in [5.74, 6) is 0.252. The largest absolute Gasteiger partial charge is 0.396 e.